The second-order valence-electron chi connectivity index (χ2n) is 3.67. The van der Waals surface area contributed by atoms with Crippen molar-refractivity contribution in [1.82, 2.24) is 9.78 Å². The molecule has 0 unspecified atom stereocenters. The fraction of sp³-hybridized carbons (Fsp3) is 0.167. The van der Waals surface area contributed by atoms with E-state index in [0.717, 1.165) is 0 Å². The number of carboxylic acid groups (broad SMARTS) is 1. The predicted molar refractivity (Wildman–Crippen MR) is 60.9 cm³/mol. The Kier molecular flexibility index (Phi) is 3.27. The van der Waals surface area contributed by atoms with Gasteiger partial charge in [0.05, 0.1) is 6.20 Å². The lowest BCUT2D eigenvalue weighted by Gasteiger charge is -2.06. The minimum Gasteiger partial charge on any atom is -0.486 e. The molecule has 0 spiro atoms. The van der Waals surface area contributed by atoms with Gasteiger partial charge in [-0.15, -0.1) is 0 Å². The lowest BCUT2D eigenvalue weighted by atomic mass is 10.2. The first-order chi connectivity index (χ1) is 8.59. The molecule has 2 aromatic rings. The largest absolute Gasteiger partial charge is 0.486 e. The van der Waals surface area contributed by atoms with Crippen LogP contribution in [0.1, 0.15) is 16.1 Å². The van der Waals surface area contributed by atoms with Crippen LogP contribution in [0.4, 0.5) is 4.39 Å². The Labute approximate surface area is 102 Å². The van der Waals surface area contributed by atoms with Crippen LogP contribution >= 0.6 is 0 Å². The van der Waals surface area contributed by atoms with Crippen molar-refractivity contribution in [2.45, 2.75) is 6.61 Å². The first kappa shape index (κ1) is 12.1. The van der Waals surface area contributed by atoms with E-state index in [9.17, 15) is 9.18 Å². The lowest BCUT2D eigenvalue weighted by Crippen LogP contribution is -2.09. The summed E-state index contributed by atoms with van der Waals surface area (Å²) in [5, 5.41) is 12.8. The maximum Gasteiger partial charge on any atom is 0.354 e. The van der Waals surface area contributed by atoms with E-state index < -0.39 is 11.8 Å². The number of hydrogen-bond acceptors (Lipinski definition) is 3. The van der Waals surface area contributed by atoms with Crippen LogP contribution in [-0.2, 0) is 13.7 Å². The molecule has 0 saturated heterocycles. The molecule has 0 amide bonds. The number of benzene rings is 1. The number of carboxylic acids is 1. The van der Waals surface area contributed by atoms with Crippen molar-refractivity contribution in [2.24, 2.45) is 7.05 Å². The summed E-state index contributed by atoms with van der Waals surface area (Å²) in [6.45, 7) is -0.0452. The molecule has 1 N–H and O–H groups in total. The molecule has 6 heteroatoms. The van der Waals surface area contributed by atoms with Crippen molar-refractivity contribution in [3.05, 3.63) is 47.5 Å². The third-order valence-electron chi connectivity index (χ3n) is 2.44. The minimum absolute atomic E-state index is 0.0336. The number of nitrogens with zero attached hydrogens (tertiary/aromatic N) is 2. The van der Waals surface area contributed by atoms with Crippen LogP contribution in [0.2, 0.25) is 0 Å². The highest BCUT2D eigenvalue weighted by Gasteiger charge is 2.16. The number of rotatable bonds is 4. The standard InChI is InChI=1S/C12H11FN2O3/c1-15-11(12(16)17)8(6-14-15)7-18-10-5-3-2-4-9(10)13/h2-6H,7H2,1H3,(H,16,17). The summed E-state index contributed by atoms with van der Waals surface area (Å²) in [6, 6.07) is 5.94. The van der Waals surface area contributed by atoms with Gasteiger partial charge in [-0.3, -0.25) is 4.68 Å². The molecular formula is C12H11FN2O3. The van der Waals surface area contributed by atoms with Crippen LogP contribution in [0.3, 0.4) is 0 Å². The van der Waals surface area contributed by atoms with E-state index in [1.807, 2.05) is 0 Å². The van der Waals surface area contributed by atoms with Crippen LogP contribution < -0.4 is 4.74 Å². The molecule has 0 saturated carbocycles. The molecule has 0 aliphatic heterocycles. The van der Waals surface area contributed by atoms with Gasteiger partial charge >= 0.3 is 5.97 Å². The summed E-state index contributed by atoms with van der Waals surface area (Å²) in [4.78, 5) is 11.0. The molecule has 1 aromatic carbocycles. The maximum absolute atomic E-state index is 13.3. The number of halogens is 1. The van der Waals surface area contributed by atoms with Gasteiger partial charge in [-0.2, -0.15) is 5.10 Å². The van der Waals surface area contributed by atoms with Crippen LogP contribution in [-0.4, -0.2) is 20.9 Å². The molecule has 5 nitrogen and oxygen atoms in total. The van der Waals surface area contributed by atoms with E-state index in [1.54, 1.807) is 12.1 Å². The van der Waals surface area contributed by atoms with E-state index in [4.69, 9.17) is 9.84 Å². The Morgan fingerprint density at radius 2 is 2.22 bits per heavy atom. The van der Waals surface area contributed by atoms with Gasteiger partial charge in [0.15, 0.2) is 17.3 Å². The number of ether oxygens (including phenoxy) is 1. The highest BCUT2D eigenvalue weighted by molar-refractivity contribution is 5.87. The van der Waals surface area contributed by atoms with Crippen molar-refractivity contribution in [3.8, 4) is 5.75 Å². The molecule has 0 atom stereocenters. The molecule has 1 aromatic heterocycles. The average molecular weight is 250 g/mol. The van der Waals surface area contributed by atoms with Gasteiger partial charge in [0.2, 0.25) is 0 Å². The smallest absolute Gasteiger partial charge is 0.354 e. The van der Waals surface area contributed by atoms with Crippen molar-refractivity contribution in [1.29, 1.82) is 0 Å². The second-order valence-corrected chi connectivity index (χ2v) is 3.67. The topological polar surface area (TPSA) is 64.4 Å². The molecule has 18 heavy (non-hydrogen) atoms. The van der Waals surface area contributed by atoms with Gasteiger partial charge in [-0.1, -0.05) is 12.1 Å². The summed E-state index contributed by atoms with van der Waals surface area (Å²) in [5.41, 5.74) is 0.430. The second kappa shape index (κ2) is 4.87. The number of aromatic nitrogens is 2. The number of aromatic carboxylic acids is 1. The van der Waals surface area contributed by atoms with E-state index in [-0.39, 0.29) is 18.1 Å². The van der Waals surface area contributed by atoms with E-state index in [1.165, 1.54) is 30.1 Å². The molecule has 2 rings (SSSR count). The zero-order chi connectivity index (χ0) is 13.1. The predicted octanol–water partition coefficient (Wildman–Crippen LogP) is 1.84. The van der Waals surface area contributed by atoms with Crippen molar-refractivity contribution >= 4 is 5.97 Å². The molecule has 0 aliphatic carbocycles. The Morgan fingerprint density at radius 1 is 1.50 bits per heavy atom. The van der Waals surface area contributed by atoms with Crippen LogP contribution in [0.15, 0.2) is 30.5 Å². The van der Waals surface area contributed by atoms with Crippen molar-refractivity contribution in [3.63, 3.8) is 0 Å². The Morgan fingerprint density at radius 3 is 2.89 bits per heavy atom. The first-order valence-corrected chi connectivity index (χ1v) is 5.21. The van der Waals surface area contributed by atoms with Crippen LogP contribution in [0.5, 0.6) is 5.75 Å². The quantitative estimate of drug-likeness (QED) is 0.899. The first-order valence-electron chi connectivity index (χ1n) is 5.21. The van der Waals surface area contributed by atoms with Gasteiger partial charge in [0, 0.05) is 12.6 Å². The molecule has 0 bridgehead atoms. The number of carbonyl (C=O) groups is 1. The van der Waals surface area contributed by atoms with E-state index >= 15 is 0 Å². The van der Waals surface area contributed by atoms with E-state index in [0.29, 0.717) is 5.56 Å². The summed E-state index contributed by atoms with van der Waals surface area (Å²) >= 11 is 0. The van der Waals surface area contributed by atoms with Crippen molar-refractivity contribution < 1.29 is 19.0 Å². The van der Waals surface area contributed by atoms with Gasteiger partial charge in [0.1, 0.15) is 6.61 Å². The molecular weight excluding hydrogens is 239 g/mol. The minimum atomic E-state index is -1.10. The van der Waals surface area contributed by atoms with E-state index in [2.05, 4.69) is 5.10 Å². The fourth-order valence-corrected chi connectivity index (χ4v) is 1.58. The summed E-state index contributed by atoms with van der Waals surface area (Å²) in [6.07, 6.45) is 1.39. The zero-order valence-corrected chi connectivity index (χ0v) is 9.63. The molecule has 0 aliphatic rings. The Bertz CT molecular complexity index is 580. The number of para-hydroxylation sites is 1. The lowest BCUT2D eigenvalue weighted by molar-refractivity contribution is 0.0682. The van der Waals surface area contributed by atoms with Gasteiger partial charge < -0.3 is 9.84 Å². The Hall–Kier alpha value is -2.37. The highest BCUT2D eigenvalue weighted by atomic mass is 19.1. The molecule has 0 fully saturated rings. The molecule has 1 heterocycles. The van der Waals surface area contributed by atoms with Gasteiger partial charge in [-0.25, -0.2) is 9.18 Å². The fourth-order valence-electron chi connectivity index (χ4n) is 1.58. The van der Waals surface area contributed by atoms with Crippen molar-refractivity contribution in [2.75, 3.05) is 0 Å². The SMILES string of the molecule is Cn1ncc(COc2ccccc2F)c1C(=O)O. The zero-order valence-electron chi connectivity index (χ0n) is 9.63. The van der Waals surface area contributed by atoms with Gasteiger partial charge in [-0.05, 0) is 12.1 Å². The highest BCUT2D eigenvalue weighted by Crippen LogP contribution is 2.18. The average Bonchev–Trinajstić information content (AvgIpc) is 2.69. The number of hydrogen-bond donors (Lipinski definition) is 1. The monoisotopic (exact) mass is 250 g/mol. The molecule has 0 radical (unpaired) electrons. The third-order valence-corrected chi connectivity index (χ3v) is 2.44. The number of aryl methyl sites for hydroxylation is 1. The van der Waals surface area contributed by atoms with Crippen LogP contribution in [0.25, 0.3) is 0 Å². The Balaban J connectivity index is 2.16. The summed E-state index contributed by atoms with van der Waals surface area (Å²) < 4.78 is 19.8. The van der Waals surface area contributed by atoms with Gasteiger partial charge in [0.25, 0.3) is 0 Å². The normalized spacial score (nSPS) is 10.3. The molecule has 94 valence electrons. The van der Waals surface area contributed by atoms with Crippen LogP contribution in [0, 0.1) is 5.82 Å². The third kappa shape index (κ3) is 2.32. The summed E-state index contributed by atoms with van der Waals surface area (Å²) in [5.74, 6) is -1.50. The maximum atomic E-state index is 13.3. The summed E-state index contributed by atoms with van der Waals surface area (Å²) in [7, 11) is 1.52.